The van der Waals surface area contributed by atoms with Gasteiger partial charge in [0.1, 0.15) is 30.0 Å². The van der Waals surface area contributed by atoms with E-state index < -0.39 is 0 Å². The van der Waals surface area contributed by atoms with Crippen molar-refractivity contribution < 1.29 is 14.3 Å². The Labute approximate surface area is 126 Å². The summed E-state index contributed by atoms with van der Waals surface area (Å²) >= 11 is 5.95. The van der Waals surface area contributed by atoms with Gasteiger partial charge in [0.2, 0.25) is 0 Å². The highest BCUT2D eigenvalue weighted by atomic mass is 35.5. The molecule has 0 amide bonds. The van der Waals surface area contributed by atoms with Gasteiger partial charge in [0, 0.05) is 11.8 Å². The minimum atomic E-state index is 0.123. The monoisotopic (exact) mass is 305 g/mol. The first-order chi connectivity index (χ1) is 10.2. The predicted molar refractivity (Wildman–Crippen MR) is 77.9 cm³/mol. The molecule has 1 aliphatic heterocycles. The first-order valence-electron chi connectivity index (χ1n) is 6.33. The molecule has 0 saturated heterocycles. The van der Waals surface area contributed by atoms with Gasteiger partial charge in [-0.1, -0.05) is 11.6 Å². The standard InChI is InChI=1S/C14H12ClN3O3/c1-8-16-13(15)10(7-19)14(17-8)18-9-2-3-11-12(6-9)21-5-4-20-11/h2-3,6-7H,4-5H2,1H3,(H,16,17,18). The summed E-state index contributed by atoms with van der Waals surface area (Å²) < 4.78 is 11.0. The van der Waals surface area contributed by atoms with Crippen LogP contribution in [0, 0.1) is 6.92 Å². The maximum Gasteiger partial charge on any atom is 0.163 e. The van der Waals surface area contributed by atoms with E-state index >= 15 is 0 Å². The molecule has 2 heterocycles. The number of carbonyl (C=O) groups excluding carboxylic acids is 1. The van der Waals surface area contributed by atoms with Gasteiger partial charge in [-0.15, -0.1) is 0 Å². The molecule has 0 radical (unpaired) electrons. The van der Waals surface area contributed by atoms with Crippen molar-refractivity contribution in [1.29, 1.82) is 0 Å². The van der Waals surface area contributed by atoms with Crippen molar-refractivity contribution in [3.63, 3.8) is 0 Å². The number of aryl methyl sites for hydroxylation is 1. The topological polar surface area (TPSA) is 73.3 Å². The highest BCUT2D eigenvalue weighted by Crippen LogP contribution is 2.34. The number of benzene rings is 1. The third-order valence-electron chi connectivity index (χ3n) is 2.93. The van der Waals surface area contributed by atoms with Crippen molar-refractivity contribution in [3.05, 3.63) is 34.7 Å². The maximum atomic E-state index is 11.1. The molecule has 7 heteroatoms. The molecule has 1 aliphatic rings. The smallest absolute Gasteiger partial charge is 0.163 e. The second kappa shape index (κ2) is 5.57. The van der Waals surface area contributed by atoms with Crippen LogP contribution in [0.5, 0.6) is 11.5 Å². The van der Waals surface area contributed by atoms with Crippen molar-refractivity contribution in [2.24, 2.45) is 0 Å². The van der Waals surface area contributed by atoms with E-state index in [1.807, 2.05) is 6.07 Å². The molecule has 0 unspecified atom stereocenters. The highest BCUT2D eigenvalue weighted by Gasteiger charge is 2.14. The summed E-state index contributed by atoms with van der Waals surface area (Å²) in [5.41, 5.74) is 0.939. The normalized spacial score (nSPS) is 12.9. The van der Waals surface area contributed by atoms with Crippen LogP contribution in [-0.2, 0) is 0 Å². The largest absolute Gasteiger partial charge is 0.486 e. The fourth-order valence-electron chi connectivity index (χ4n) is 2.00. The Morgan fingerprint density at radius 3 is 2.76 bits per heavy atom. The highest BCUT2D eigenvalue weighted by molar-refractivity contribution is 6.32. The Morgan fingerprint density at radius 1 is 1.24 bits per heavy atom. The summed E-state index contributed by atoms with van der Waals surface area (Å²) in [6, 6.07) is 5.40. The number of nitrogens with one attached hydrogen (secondary N) is 1. The number of anilines is 2. The number of fused-ring (bicyclic) bond motifs is 1. The zero-order chi connectivity index (χ0) is 14.8. The Hall–Kier alpha value is -2.34. The van der Waals surface area contributed by atoms with E-state index in [1.54, 1.807) is 19.1 Å². The van der Waals surface area contributed by atoms with Gasteiger partial charge in [-0.3, -0.25) is 4.79 Å². The van der Waals surface area contributed by atoms with E-state index in [9.17, 15) is 4.79 Å². The first kappa shape index (κ1) is 13.6. The molecule has 0 bridgehead atoms. The Kier molecular flexibility index (Phi) is 3.62. The zero-order valence-corrected chi connectivity index (χ0v) is 12.0. The number of carbonyl (C=O) groups is 1. The molecule has 0 spiro atoms. The van der Waals surface area contributed by atoms with Gasteiger partial charge in [0.25, 0.3) is 0 Å². The van der Waals surface area contributed by atoms with E-state index in [0.29, 0.717) is 42.6 Å². The molecule has 0 fully saturated rings. The molecule has 0 aliphatic carbocycles. The Morgan fingerprint density at radius 2 is 2.00 bits per heavy atom. The van der Waals surface area contributed by atoms with Gasteiger partial charge < -0.3 is 14.8 Å². The van der Waals surface area contributed by atoms with Crippen LogP contribution in [0.4, 0.5) is 11.5 Å². The fraction of sp³-hybridized carbons (Fsp3) is 0.214. The van der Waals surface area contributed by atoms with Gasteiger partial charge in [-0.05, 0) is 19.1 Å². The zero-order valence-electron chi connectivity index (χ0n) is 11.2. The van der Waals surface area contributed by atoms with E-state index in [2.05, 4.69) is 15.3 Å². The molecular weight excluding hydrogens is 294 g/mol. The van der Waals surface area contributed by atoms with Crippen LogP contribution in [0.25, 0.3) is 0 Å². The number of rotatable bonds is 3. The molecule has 3 rings (SSSR count). The van der Waals surface area contributed by atoms with Crippen LogP contribution in [0.2, 0.25) is 5.15 Å². The number of hydrogen-bond acceptors (Lipinski definition) is 6. The predicted octanol–water partition coefficient (Wildman–Crippen LogP) is 2.77. The van der Waals surface area contributed by atoms with Crippen LogP contribution in [-0.4, -0.2) is 29.5 Å². The van der Waals surface area contributed by atoms with E-state index in [1.165, 1.54) is 0 Å². The van der Waals surface area contributed by atoms with Crippen LogP contribution >= 0.6 is 11.6 Å². The van der Waals surface area contributed by atoms with Gasteiger partial charge in [0.05, 0.1) is 5.56 Å². The van der Waals surface area contributed by atoms with Crippen LogP contribution in [0.3, 0.4) is 0 Å². The molecule has 0 atom stereocenters. The lowest BCUT2D eigenvalue weighted by Gasteiger charge is -2.19. The first-order valence-corrected chi connectivity index (χ1v) is 6.71. The number of hydrogen-bond donors (Lipinski definition) is 1. The van der Waals surface area contributed by atoms with Crippen molar-refractivity contribution in [1.82, 2.24) is 9.97 Å². The van der Waals surface area contributed by atoms with Crippen LogP contribution < -0.4 is 14.8 Å². The van der Waals surface area contributed by atoms with Crippen LogP contribution in [0.15, 0.2) is 18.2 Å². The summed E-state index contributed by atoms with van der Waals surface area (Å²) in [5.74, 6) is 2.18. The molecular formula is C14H12ClN3O3. The van der Waals surface area contributed by atoms with E-state index in [-0.39, 0.29) is 10.7 Å². The molecule has 108 valence electrons. The Bertz CT molecular complexity index is 706. The number of ether oxygens (including phenoxy) is 2. The van der Waals surface area contributed by atoms with Crippen molar-refractivity contribution in [3.8, 4) is 11.5 Å². The number of nitrogens with zero attached hydrogens (tertiary/aromatic N) is 2. The lowest BCUT2D eigenvalue weighted by Crippen LogP contribution is -2.15. The maximum absolute atomic E-state index is 11.1. The fourth-order valence-corrected chi connectivity index (χ4v) is 2.26. The average Bonchev–Trinajstić information content (AvgIpc) is 2.47. The number of aromatic nitrogens is 2. The third-order valence-corrected chi connectivity index (χ3v) is 3.22. The average molecular weight is 306 g/mol. The quantitative estimate of drug-likeness (QED) is 0.694. The third kappa shape index (κ3) is 2.75. The van der Waals surface area contributed by atoms with Gasteiger partial charge in [-0.25, -0.2) is 9.97 Å². The SMILES string of the molecule is Cc1nc(Cl)c(C=O)c(Nc2ccc3c(c2)OCCO3)n1. The second-order valence-electron chi connectivity index (χ2n) is 4.43. The minimum Gasteiger partial charge on any atom is -0.486 e. The molecule has 1 N–H and O–H groups in total. The Balaban J connectivity index is 1.95. The van der Waals surface area contributed by atoms with Gasteiger partial charge in [-0.2, -0.15) is 0 Å². The summed E-state index contributed by atoms with van der Waals surface area (Å²) in [6.07, 6.45) is 0.627. The van der Waals surface area contributed by atoms with Crippen molar-refractivity contribution >= 4 is 29.4 Å². The molecule has 1 aromatic carbocycles. The number of halogens is 1. The lowest BCUT2D eigenvalue weighted by atomic mass is 10.2. The molecule has 0 saturated carbocycles. The number of aldehydes is 1. The van der Waals surface area contributed by atoms with Crippen molar-refractivity contribution in [2.45, 2.75) is 6.92 Å². The van der Waals surface area contributed by atoms with Crippen molar-refractivity contribution in [2.75, 3.05) is 18.5 Å². The summed E-state index contributed by atoms with van der Waals surface area (Å²) in [7, 11) is 0. The molecule has 2 aromatic rings. The van der Waals surface area contributed by atoms with E-state index in [4.69, 9.17) is 21.1 Å². The summed E-state index contributed by atoms with van der Waals surface area (Å²) in [6.45, 7) is 2.75. The van der Waals surface area contributed by atoms with Gasteiger partial charge in [0.15, 0.2) is 17.8 Å². The second-order valence-corrected chi connectivity index (χ2v) is 4.78. The molecule has 21 heavy (non-hydrogen) atoms. The minimum absolute atomic E-state index is 0.123. The van der Waals surface area contributed by atoms with Crippen LogP contribution in [0.1, 0.15) is 16.2 Å². The molecule has 6 nitrogen and oxygen atoms in total. The lowest BCUT2D eigenvalue weighted by molar-refractivity contribution is 0.112. The molecule has 1 aromatic heterocycles. The summed E-state index contributed by atoms with van der Waals surface area (Å²) in [4.78, 5) is 19.3. The summed E-state index contributed by atoms with van der Waals surface area (Å²) in [5, 5.41) is 3.18. The van der Waals surface area contributed by atoms with Gasteiger partial charge >= 0.3 is 0 Å². The van der Waals surface area contributed by atoms with E-state index in [0.717, 1.165) is 5.69 Å².